The summed E-state index contributed by atoms with van der Waals surface area (Å²) in [6, 6.07) is 9.35. The van der Waals surface area contributed by atoms with E-state index >= 15 is 0 Å². The number of benzene rings is 1. The highest BCUT2D eigenvalue weighted by Gasteiger charge is 2.18. The average Bonchev–Trinajstić information content (AvgIpc) is 2.86. The van der Waals surface area contributed by atoms with Gasteiger partial charge < -0.3 is 25.0 Å². The van der Waals surface area contributed by atoms with Gasteiger partial charge in [-0.05, 0) is 23.8 Å². The van der Waals surface area contributed by atoms with Crippen molar-refractivity contribution in [2.24, 2.45) is 0 Å². The van der Waals surface area contributed by atoms with Crippen LogP contribution < -0.4 is 25.0 Å². The van der Waals surface area contributed by atoms with Gasteiger partial charge in [-0.1, -0.05) is 13.0 Å². The third-order valence-electron chi connectivity index (χ3n) is 5.68. The molecule has 1 aromatic carbocycles. The number of carbonyl (C=O) groups is 1. The van der Waals surface area contributed by atoms with E-state index in [-0.39, 0.29) is 25.3 Å². The molecule has 0 saturated heterocycles. The molecule has 0 aliphatic carbocycles. The topological polar surface area (TPSA) is 102 Å². The summed E-state index contributed by atoms with van der Waals surface area (Å²) >= 11 is 0. The van der Waals surface area contributed by atoms with Crippen LogP contribution in [0.1, 0.15) is 28.8 Å². The first-order valence-electron chi connectivity index (χ1n) is 10.8. The summed E-state index contributed by atoms with van der Waals surface area (Å²) in [5.41, 5.74) is 3.20. The number of nitrogens with zero attached hydrogens (tertiary/aromatic N) is 4. The van der Waals surface area contributed by atoms with Crippen molar-refractivity contribution in [2.45, 2.75) is 12.8 Å². The molecule has 0 unspecified atom stereocenters. The summed E-state index contributed by atoms with van der Waals surface area (Å²) in [5.74, 6) is 2.96. The number of methoxy groups -OCH3 is 1. The van der Waals surface area contributed by atoms with Gasteiger partial charge in [0.2, 0.25) is 0 Å². The van der Waals surface area contributed by atoms with Gasteiger partial charge in [0.25, 0.3) is 5.91 Å². The van der Waals surface area contributed by atoms with Gasteiger partial charge in [0.05, 0.1) is 19.3 Å². The molecule has 2 aromatic heterocycles. The summed E-state index contributed by atoms with van der Waals surface area (Å²) < 4.78 is 11.3. The molecule has 2 N–H and O–H groups in total. The minimum absolute atomic E-state index is 0. The van der Waals surface area contributed by atoms with E-state index in [1.165, 1.54) is 6.33 Å². The van der Waals surface area contributed by atoms with E-state index in [0.717, 1.165) is 34.9 Å². The third-order valence-corrected chi connectivity index (χ3v) is 5.68. The Hall–Kier alpha value is -3.53. The Labute approximate surface area is 206 Å². The number of amides is 1. The molecule has 3 aromatic rings. The fourth-order valence-corrected chi connectivity index (χ4v) is 3.75. The number of hydrogen-bond donors (Lipinski definition) is 2. The molecule has 0 saturated carbocycles. The van der Waals surface area contributed by atoms with Crippen LogP contribution >= 0.6 is 13.5 Å². The average molecular weight is 483 g/mol. The zero-order chi connectivity index (χ0) is 23.4. The van der Waals surface area contributed by atoms with Crippen molar-refractivity contribution < 1.29 is 14.3 Å². The standard InChI is InChI=1S/C24H28N6O3.H2S/c1-15(18-6-5-16(24(31)25-2)9-20(18)32-4)12-26-22-11-19(28-14-29-22)17-10-21-23(27-13-17)30(3)7-8-33-21;/h5-6,9-11,13-15H,7-8,12H2,1-4H3,(H,25,31)(H,26,28,29);1H2/t15-;/m1./s1. The van der Waals surface area contributed by atoms with Gasteiger partial charge in [0.1, 0.15) is 24.5 Å². The lowest BCUT2D eigenvalue weighted by atomic mass is 9.98. The number of likely N-dealkylation sites (N-methyl/N-ethyl adjacent to an activating group) is 1. The molecule has 0 spiro atoms. The van der Waals surface area contributed by atoms with Crippen LogP contribution in [0.25, 0.3) is 11.3 Å². The number of nitrogens with one attached hydrogen (secondary N) is 2. The Morgan fingerprint density at radius 2 is 2.06 bits per heavy atom. The number of hydrogen-bond acceptors (Lipinski definition) is 8. The molecule has 1 amide bonds. The quantitative estimate of drug-likeness (QED) is 0.530. The van der Waals surface area contributed by atoms with E-state index in [0.29, 0.717) is 30.3 Å². The fourth-order valence-electron chi connectivity index (χ4n) is 3.75. The number of rotatable bonds is 7. The monoisotopic (exact) mass is 482 g/mol. The van der Waals surface area contributed by atoms with E-state index in [2.05, 4.69) is 37.4 Å². The van der Waals surface area contributed by atoms with Crippen molar-refractivity contribution in [3.05, 3.63) is 54.0 Å². The maximum Gasteiger partial charge on any atom is 0.251 e. The lowest BCUT2D eigenvalue weighted by molar-refractivity contribution is 0.0962. The predicted molar refractivity (Wildman–Crippen MR) is 138 cm³/mol. The van der Waals surface area contributed by atoms with E-state index in [9.17, 15) is 4.79 Å². The summed E-state index contributed by atoms with van der Waals surface area (Å²) in [6.07, 6.45) is 3.34. The van der Waals surface area contributed by atoms with Gasteiger partial charge in [0, 0.05) is 49.9 Å². The second-order valence-corrected chi connectivity index (χ2v) is 7.92. The molecule has 0 radical (unpaired) electrons. The van der Waals surface area contributed by atoms with Crippen LogP contribution in [0.2, 0.25) is 0 Å². The Morgan fingerprint density at radius 1 is 1.24 bits per heavy atom. The van der Waals surface area contributed by atoms with Gasteiger partial charge in [-0.15, -0.1) is 0 Å². The normalized spacial score (nSPS) is 13.1. The molecular formula is C24H30N6O3S. The Morgan fingerprint density at radius 3 is 2.82 bits per heavy atom. The van der Waals surface area contributed by atoms with E-state index in [4.69, 9.17) is 9.47 Å². The van der Waals surface area contributed by atoms with Gasteiger partial charge in [-0.25, -0.2) is 15.0 Å². The van der Waals surface area contributed by atoms with Crippen molar-refractivity contribution in [1.82, 2.24) is 20.3 Å². The molecule has 3 heterocycles. The van der Waals surface area contributed by atoms with Crippen LogP contribution in [0.15, 0.2) is 42.9 Å². The van der Waals surface area contributed by atoms with Crippen LogP contribution in [0.3, 0.4) is 0 Å². The molecule has 10 heteroatoms. The molecule has 1 aliphatic rings. The molecule has 34 heavy (non-hydrogen) atoms. The van der Waals surface area contributed by atoms with Crippen molar-refractivity contribution in [2.75, 3.05) is 51.1 Å². The minimum atomic E-state index is -0.146. The van der Waals surface area contributed by atoms with Crippen molar-refractivity contribution >= 4 is 31.0 Å². The summed E-state index contributed by atoms with van der Waals surface area (Å²) in [6.45, 7) is 4.17. The maximum atomic E-state index is 11.9. The zero-order valence-electron chi connectivity index (χ0n) is 19.8. The van der Waals surface area contributed by atoms with Crippen LogP contribution in [0, 0.1) is 0 Å². The summed E-state index contributed by atoms with van der Waals surface area (Å²) in [7, 11) is 5.22. The summed E-state index contributed by atoms with van der Waals surface area (Å²) in [5, 5.41) is 6.01. The SMILES string of the molecule is CNC(=O)c1ccc([C@H](C)CNc2cc(-c3cnc4c(c3)OCCN4C)ncn2)c(OC)c1.S. The third kappa shape index (κ3) is 5.33. The van der Waals surface area contributed by atoms with Crippen molar-refractivity contribution in [1.29, 1.82) is 0 Å². The number of carbonyl (C=O) groups excluding carboxylic acids is 1. The zero-order valence-corrected chi connectivity index (χ0v) is 20.8. The Balaban J connectivity index is 0.00000324. The molecule has 180 valence electrons. The highest BCUT2D eigenvalue weighted by molar-refractivity contribution is 7.59. The molecule has 0 fully saturated rings. The highest BCUT2D eigenvalue weighted by atomic mass is 32.1. The van der Waals surface area contributed by atoms with Crippen LogP contribution in [0.5, 0.6) is 11.5 Å². The number of aromatic nitrogens is 3. The molecule has 0 bridgehead atoms. The fraction of sp³-hybridized carbons (Fsp3) is 0.333. The maximum absolute atomic E-state index is 11.9. The lowest BCUT2D eigenvalue weighted by Gasteiger charge is -2.26. The first kappa shape index (κ1) is 25.1. The van der Waals surface area contributed by atoms with Crippen LogP contribution in [-0.4, -0.2) is 61.8 Å². The second-order valence-electron chi connectivity index (χ2n) is 7.92. The van der Waals surface area contributed by atoms with E-state index in [1.54, 1.807) is 32.5 Å². The Kier molecular flexibility index (Phi) is 8.17. The van der Waals surface area contributed by atoms with Gasteiger partial charge in [-0.3, -0.25) is 4.79 Å². The molecule has 1 atom stereocenters. The predicted octanol–water partition coefficient (Wildman–Crippen LogP) is 3.06. The van der Waals surface area contributed by atoms with Crippen LogP contribution in [0.4, 0.5) is 11.6 Å². The number of pyridine rings is 1. The molecule has 1 aliphatic heterocycles. The van der Waals surface area contributed by atoms with E-state index in [1.807, 2.05) is 25.2 Å². The van der Waals surface area contributed by atoms with Crippen molar-refractivity contribution in [3.8, 4) is 22.8 Å². The highest BCUT2D eigenvalue weighted by Crippen LogP contribution is 2.32. The second kappa shape index (κ2) is 11.1. The largest absolute Gasteiger partial charge is 0.496 e. The van der Waals surface area contributed by atoms with Crippen molar-refractivity contribution in [3.63, 3.8) is 0 Å². The number of fused-ring (bicyclic) bond motifs is 1. The number of ether oxygens (including phenoxy) is 2. The molecule has 4 rings (SSSR count). The van der Waals surface area contributed by atoms with Crippen LogP contribution in [-0.2, 0) is 0 Å². The first-order chi connectivity index (χ1) is 16.0. The smallest absolute Gasteiger partial charge is 0.251 e. The molecule has 9 nitrogen and oxygen atoms in total. The number of anilines is 2. The van der Waals surface area contributed by atoms with Gasteiger partial charge in [-0.2, -0.15) is 13.5 Å². The minimum Gasteiger partial charge on any atom is -0.496 e. The van der Waals surface area contributed by atoms with Gasteiger partial charge in [0.15, 0.2) is 11.6 Å². The first-order valence-corrected chi connectivity index (χ1v) is 10.8. The Bertz CT molecular complexity index is 1160. The summed E-state index contributed by atoms with van der Waals surface area (Å²) in [4.78, 5) is 27.3. The lowest BCUT2D eigenvalue weighted by Crippen LogP contribution is -2.29. The van der Waals surface area contributed by atoms with Gasteiger partial charge >= 0.3 is 0 Å². The molecular weight excluding hydrogens is 452 g/mol. The van der Waals surface area contributed by atoms with E-state index < -0.39 is 0 Å².